The fourth-order valence-electron chi connectivity index (χ4n) is 3.26. The van der Waals surface area contributed by atoms with Crippen molar-refractivity contribution in [3.8, 4) is 0 Å². The minimum absolute atomic E-state index is 0.0952. The highest BCUT2D eigenvalue weighted by Gasteiger charge is 2.17. The van der Waals surface area contributed by atoms with Gasteiger partial charge in [0.25, 0.3) is 10.1 Å². The van der Waals surface area contributed by atoms with E-state index in [-0.39, 0.29) is 4.90 Å². The first-order chi connectivity index (χ1) is 13.2. The van der Waals surface area contributed by atoms with Crippen molar-refractivity contribution in [1.82, 2.24) is 0 Å². The van der Waals surface area contributed by atoms with Crippen LogP contribution in [0.1, 0.15) is 103 Å². The minimum atomic E-state index is -4.13. The van der Waals surface area contributed by atoms with E-state index < -0.39 is 10.1 Å². The Kier molecular flexibility index (Phi) is 15.4. The van der Waals surface area contributed by atoms with Gasteiger partial charge >= 0.3 is 0 Å². The quantitative estimate of drug-likeness (QED) is 0.293. The van der Waals surface area contributed by atoms with Gasteiger partial charge in [-0.25, -0.2) is 0 Å². The zero-order valence-corrected chi connectivity index (χ0v) is 19.4. The van der Waals surface area contributed by atoms with E-state index in [1.54, 1.807) is 6.07 Å². The lowest BCUT2D eigenvalue weighted by Crippen LogP contribution is -2.06. The van der Waals surface area contributed by atoms with Gasteiger partial charge in [0.15, 0.2) is 0 Å². The molecule has 164 valence electrons. The number of aryl methyl sites for hydroxylation is 1. The Labute approximate surface area is 174 Å². The molecule has 0 aliphatic heterocycles. The molecule has 0 heterocycles. The molecule has 1 aromatic rings. The molecular weight excluding hydrogens is 370 g/mol. The first-order valence-electron chi connectivity index (χ1n) is 11.1. The molecule has 5 heteroatoms. The molecule has 0 saturated heterocycles. The molecule has 1 rings (SSSR count). The van der Waals surface area contributed by atoms with Crippen molar-refractivity contribution in [2.45, 2.75) is 116 Å². The average molecular weight is 414 g/mol. The Morgan fingerprint density at radius 3 is 1.79 bits per heavy atom. The fraction of sp³-hybridized carbons (Fsp3) is 0.739. The van der Waals surface area contributed by atoms with E-state index in [0.29, 0.717) is 6.04 Å². The molecule has 0 bridgehead atoms. The van der Waals surface area contributed by atoms with Gasteiger partial charge in [-0.2, -0.15) is 8.42 Å². The molecule has 4 nitrogen and oxygen atoms in total. The van der Waals surface area contributed by atoms with Crippen LogP contribution >= 0.6 is 0 Å². The van der Waals surface area contributed by atoms with Crippen molar-refractivity contribution in [2.75, 3.05) is 0 Å². The molecule has 0 atom stereocenters. The highest BCUT2D eigenvalue weighted by molar-refractivity contribution is 7.85. The third kappa shape index (κ3) is 13.3. The number of hydrogen-bond acceptors (Lipinski definition) is 3. The summed E-state index contributed by atoms with van der Waals surface area (Å²) in [6.45, 7) is 8.15. The molecule has 0 aliphatic rings. The van der Waals surface area contributed by atoms with Crippen LogP contribution < -0.4 is 5.73 Å². The Morgan fingerprint density at radius 2 is 1.36 bits per heavy atom. The van der Waals surface area contributed by atoms with E-state index >= 15 is 0 Å². The Balaban J connectivity index is 0.00000165. The van der Waals surface area contributed by atoms with Crippen molar-refractivity contribution in [3.05, 3.63) is 29.3 Å². The number of nitrogens with two attached hydrogens (primary N) is 1. The topological polar surface area (TPSA) is 80.4 Å². The maximum atomic E-state index is 11.6. The number of rotatable bonds is 13. The maximum Gasteiger partial charge on any atom is 0.294 e. The lowest BCUT2D eigenvalue weighted by atomic mass is 9.98. The molecule has 0 saturated carbocycles. The van der Waals surface area contributed by atoms with Crippen molar-refractivity contribution >= 4 is 10.1 Å². The van der Waals surface area contributed by atoms with Crippen LogP contribution in [0.5, 0.6) is 0 Å². The summed E-state index contributed by atoms with van der Waals surface area (Å²) in [6, 6.07) is 5.52. The van der Waals surface area contributed by atoms with Crippen molar-refractivity contribution in [1.29, 1.82) is 0 Å². The van der Waals surface area contributed by atoms with Crippen LogP contribution in [0.3, 0.4) is 0 Å². The SMILES string of the molecule is CC(C)N.CCCCCCCCCCCCc1c(CC)cccc1S(=O)(=O)O. The molecule has 0 unspecified atom stereocenters. The second-order valence-corrected chi connectivity index (χ2v) is 9.29. The van der Waals surface area contributed by atoms with Crippen LogP contribution in [-0.4, -0.2) is 19.0 Å². The van der Waals surface area contributed by atoms with Gasteiger partial charge in [0.2, 0.25) is 0 Å². The summed E-state index contributed by atoms with van der Waals surface area (Å²) >= 11 is 0. The standard InChI is InChI=1S/C20H34O3S.C3H9N/c1-3-5-6-7-8-9-10-11-12-13-16-19-18(4-2)15-14-17-20(19)24(21,22)23;1-3(2)4/h14-15,17H,3-13,16H2,1-2H3,(H,21,22,23);3H,4H2,1-2H3. The van der Waals surface area contributed by atoms with Crippen LogP contribution in [0.4, 0.5) is 0 Å². The molecule has 0 spiro atoms. The van der Waals surface area contributed by atoms with Crippen LogP contribution in [0.2, 0.25) is 0 Å². The summed E-state index contributed by atoms with van der Waals surface area (Å²) in [6.07, 6.45) is 14.1. The maximum absolute atomic E-state index is 11.6. The van der Waals surface area contributed by atoms with Crippen molar-refractivity contribution < 1.29 is 13.0 Å². The molecular formula is C23H43NO3S. The third-order valence-electron chi connectivity index (χ3n) is 4.67. The zero-order chi connectivity index (χ0) is 21.4. The lowest BCUT2D eigenvalue weighted by molar-refractivity contribution is 0.481. The molecule has 1 aromatic carbocycles. The first-order valence-corrected chi connectivity index (χ1v) is 12.5. The monoisotopic (exact) mass is 413 g/mol. The van der Waals surface area contributed by atoms with Gasteiger partial charge in [-0.05, 0) is 42.5 Å². The summed E-state index contributed by atoms with van der Waals surface area (Å²) in [5.41, 5.74) is 6.95. The molecule has 28 heavy (non-hydrogen) atoms. The summed E-state index contributed by atoms with van der Waals surface area (Å²) < 4.78 is 32.5. The van der Waals surface area contributed by atoms with E-state index in [2.05, 4.69) is 6.92 Å². The molecule has 0 radical (unpaired) electrons. The van der Waals surface area contributed by atoms with E-state index in [0.717, 1.165) is 36.8 Å². The van der Waals surface area contributed by atoms with Gasteiger partial charge < -0.3 is 5.73 Å². The normalized spacial score (nSPS) is 11.4. The van der Waals surface area contributed by atoms with Gasteiger partial charge in [0.1, 0.15) is 0 Å². The molecule has 0 aromatic heterocycles. The molecule has 3 N–H and O–H groups in total. The summed E-state index contributed by atoms with van der Waals surface area (Å²) in [4.78, 5) is 0.0952. The average Bonchev–Trinajstić information content (AvgIpc) is 2.61. The van der Waals surface area contributed by atoms with Crippen LogP contribution in [0.15, 0.2) is 23.1 Å². The van der Waals surface area contributed by atoms with Gasteiger partial charge in [-0.1, -0.05) is 97.6 Å². The number of unbranched alkanes of at least 4 members (excludes halogenated alkanes) is 9. The van der Waals surface area contributed by atoms with Crippen LogP contribution in [0.25, 0.3) is 0 Å². The largest absolute Gasteiger partial charge is 0.328 e. The molecule has 0 amide bonds. The fourth-order valence-corrected chi connectivity index (χ4v) is 4.05. The summed E-state index contributed by atoms with van der Waals surface area (Å²) in [5.74, 6) is 0. The zero-order valence-electron chi connectivity index (χ0n) is 18.5. The number of benzene rings is 1. The first kappa shape index (κ1) is 27.1. The Morgan fingerprint density at radius 1 is 0.893 bits per heavy atom. The Hall–Kier alpha value is -0.910. The van der Waals surface area contributed by atoms with Gasteiger partial charge in [0, 0.05) is 0 Å². The number of hydrogen-bond donors (Lipinski definition) is 2. The van der Waals surface area contributed by atoms with Crippen LogP contribution in [0, 0.1) is 0 Å². The highest BCUT2D eigenvalue weighted by atomic mass is 32.2. The second-order valence-electron chi connectivity index (χ2n) is 7.90. The highest BCUT2D eigenvalue weighted by Crippen LogP contribution is 2.23. The smallest absolute Gasteiger partial charge is 0.294 e. The van der Waals surface area contributed by atoms with E-state index in [1.165, 1.54) is 57.4 Å². The van der Waals surface area contributed by atoms with Gasteiger partial charge in [-0.3, -0.25) is 4.55 Å². The van der Waals surface area contributed by atoms with Gasteiger partial charge in [-0.15, -0.1) is 0 Å². The lowest BCUT2D eigenvalue weighted by Gasteiger charge is -2.12. The predicted octanol–water partition coefficient (Wildman–Crippen LogP) is 6.31. The third-order valence-corrected chi connectivity index (χ3v) is 5.61. The minimum Gasteiger partial charge on any atom is -0.328 e. The summed E-state index contributed by atoms with van der Waals surface area (Å²) in [5, 5.41) is 0. The van der Waals surface area contributed by atoms with E-state index in [9.17, 15) is 13.0 Å². The predicted molar refractivity (Wildman–Crippen MR) is 121 cm³/mol. The van der Waals surface area contributed by atoms with E-state index in [4.69, 9.17) is 5.73 Å². The van der Waals surface area contributed by atoms with Crippen molar-refractivity contribution in [2.24, 2.45) is 5.73 Å². The van der Waals surface area contributed by atoms with Crippen LogP contribution in [-0.2, 0) is 23.0 Å². The Bertz CT molecular complexity index is 610. The summed E-state index contributed by atoms with van der Waals surface area (Å²) in [7, 11) is -4.13. The molecule has 0 aliphatic carbocycles. The van der Waals surface area contributed by atoms with Crippen molar-refractivity contribution in [3.63, 3.8) is 0 Å². The second kappa shape index (κ2) is 15.9. The molecule has 0 fully saturated rings. The van der Waals surface area contributed by atoms with Gasteiger partial charge in [0.05, 0.1) is 4.90 Å². The van der Waals surface area contributed by atoms with E-state index in [1.807, 2.05) is 26.8 Å².